The molecule has 1 aromatic rings. The Balaban J connectivity index is 0.0000500. The number of nitrogens with zero attached hydrogens (tertiary/aromatic N) is 1. The minimum Gasteiger partial charge on any atom is -1.00 e. The summed E-state index contributed by atoms with van der Waals surface area (Å²) in [5.74, 6) is -7.30. The summed E-state index contributed by atoms with van der Waals surface area (Å²) in [6, 6.07) is 3.62. The van der Waals surface area contributed by atoms with Crippen molar-refractivity contribution in [3.8, 4) is 0 Å². The Kier molecular flexibility index (Phi) is 62.9. The molecule has 1 N–H and O–H groups in total. The smallest absolute Gasteiger partial charge is 0.336 e. The Hall–Kier alpha value is -4.02. The van der Waals surface area contributed by atoms with E-state index < -0.39 is 66.8 Å². The molecule has 1 aromatic heterocycles. The third-order valence-corrected chi connectivity index (χ3v) is 19.8. The Morgan fingerprint density at radius 3 is 0.850 bits per heavy atom. The third kappa shape index (κ3) is 49.6. The molecule has 2 unspecified atom stereocenters. The number of carbonyl (C=O) groups excluding carboxylic acids is 6. The summed E-state index contributed by atoms with van der Waals surface area (Å²) >= 11 is 0. The fourth-order valence-electron chi connectivity index (χ4n) is 13.5. The number of aromatic nitrogens is 1. The average molecular weight is 1520 g/mol. The van der Waals surface area contributed by atoms with Crippen molar-refractivity contribution in [1.29, 1.82) is 0 Å². The molecule has 1 aliphatic heterocycles. The lowest BCUT2D eigenvalue weighted by Gasteiger charge is -2.30. The number of allylic oxidation sites excluding steroid dienone is 2. The molecule has 14 nitrogen and oxygen atoms in total. The molecular weight excluding hydrogens is 1370 g/mol. The number of carbonyl (C=O) groups is 6. The first-order chi connectivity index (χ1) is 48.4. The van der Waals surface area contributed by atoms with E-state index in [9.17, 15) is 28.8 Å². The second-order valence-electron chi connectivity index (χ2n) is 29.2. The Labute approximate surface area is 628 Å². The van der Waals surface area contributed by atoms with E-state index in [2.05, 4.69) is 33.0 Å². The topological polar surface area (TPSA) is 174 Å². The molecule has 2 rings (SSSR count). The van der Waals surface area contributed by atoms with Gasteiger partial charge < -0.3 is 57.7 Å². The van der Waals surface area contributed by atoms with Crippen LogP contribution in [0, 0.1) is 11.8 Å². The van der Waals surface area contributed by atoms with Crippen molar-refractivity contribution in [2.75, 3.05) is 39.6 Å². The monoisotopic (exact) mass is 1520 g/mol. The van der Waals surface area contributed by atoms with Crippen molar-refractivity contribution in [1.82, 2.24) is 5.32 Å². The molecule has 578 valence electrons. The van der Waals surface area contributed by atoms with Crippen LogP contribution in [0.25, 0.3) is 0 Å². The zero-order chi connectivity index (χ0) is 71.9. The second kappa shape index (κ2) is 66.9. The Morgan fingerprint density at radius 1 is 0.360 bits per heavy atom. The summed E-state index contributed by atoms with van der Waals surface area (Å²) < 4.78 is 36.9. The van der Waals surface area contributed by atoms with Crippen LogP contribution < -0.4 is 33.9 Å². The SMILES string of the molecule is CCCCCCCCCCCCCCCOC(=O)CC(COC(=O)C1=C(C)NC(C)=C(C(=O)OCC(CC(=O)OCCCCCCCCCCCCCCC)C(=O)OCCCCCCCCCCCCCCC)C1c1ccc[n+](C)c1)C(=O)OCCCCCCCCCCCCCCC.[I-]. The van der Waals surface area contributed by atoms with Crippen molar-refractivity contribution in [2.24, 2.45) is 18.9 Å². The maximum atomic E-state index is 14.8. The molecule has 0 amide bonds. The van der Waals surface area contributed by atoms with E-state index in [-0.39, 0.29) is 74.4 Å². The van der Waals surface area contributed by atoms with Gasteiger partial charge in [-0.25, -0.2) is 14.2 Å². The molecule has 0 aromatic carbocycles. The van der Waals surface area contributed by atoms with Crippen LogP contribution >= 0.6 is 0 Å². The Morgan fingerprint density at radius 2 is 0.600 bits per heavy atom. The van der Waals surface area contributed by atoms with Gasteiger partial charge in [-0.15, -0.1) is 0 Å². The molecule has 0 fully saturated rings. The minimum atomic E-state index is -1.13. The molecule has 2 atom stereocenters. The predicted octanol–water partition coefficient (Wildman–Crippen LogP) is 19.4. The van der Waals surface area contributed by atoms with Crippen LogP contribution in [0.2, 0.25) is 0 Å². The van der Waals surface area contributed by atoms with Crippen molar-refractivity contribution in [3.63, 3.8) is 0 Å². The zero-order valence-electron chi connectivity index (χ0n) is 65.2. The normalized spacial score (nSPS) is 13.5. The molecular formula is C85H149IN2O12. The third-order valence-electron chi connectivity index (χ3n) is 19.8. The first kappa shape index (κ1) is 94.0. The van der Waals surface area contributed by atoms with E-state index in [4.69, 9.17) is 28.4 Å². The molecule has 0 spiro atoms. The van der Waals surface area contributed by atoms with E-state index in [1.54, 1.807) is 13.8 Å². The van der Waals surface area contributed by atoms with Crippen LogP contribution in [-0.4, -0.2) is 75.5 Å². The number of rotatable bonds is 69. The lowest BCUT2D eigenvalue weighted by Crippen LogP contribution is -3.00. The fraction of sp³-hybridized carbons (Fsp3) is 0.824. The summed E-state index contributed by atoms with van der Waals surface area (Å²) in [4.78, 5) is 84.5. The molecule has 15 heteroatoms. The molecule has 0 saturated heterocycles. The van der Waals surface area contributed by atoms with E-state index in [1.807, 2.05) is 36.1 Å². The maximum absolute atomic E-state index is 14.8. The van der Waals surface area contributed by atoms with Gasteiger partial charge in [0.15, 0.2) is 12.4 Å². The lowest BCUT2D eigenvalue weighted by molar-refractivity contribution is -0.671. The van der Waals surface area contributed by atoms with Crippen LogP contribution in [0.1, 0.15) is 400 Å². The van der Waals surface area contributed by atoms with Gasteiger partial charge >= 0.3 is 35.8 Å². The Bertz CT molecular complexity index is 2160. The fourth-order valence-corrected chi connectivity index (χ4v) is 13.5. The van der Waals surface area contributed by atoms with Gasteiger partial charge in [0, 0.05) is 23.0 Å². The summed E-state index contributed by atoms with van der Waals surface area (Å²) in [7, 11) is 1.84. The molecule has 0 aliphatic carbocycles. The molecule has 0 radical (unpaired) electrons. The van der Waals surface area contributed by atoms with E-state index >= 15 is 0 Å². The van der Waals surface area contributed by atoms with Crippen LogP contribution in [-0.2, 0) is 64.2 Å². The van der Waals surface area contributed by atoms with Crippen molar-refractivity contribution < 1.29 is 85.7 Å². The number of aryl methyl sites for hydroxylation is 1. The van der Waals surface area contributed by atoms with Gasteiger partial charge in [-0.3, -0.25) is 19.2 Å². The molecule has 1 aliphatic rings. The van der Waals surface area contributed by atoms with Gasteiger partial charge in [0.05, 0.1) is 56.3 Å². The van der Waals surface area contributed by atoms with Gasteiger partial charge in [-0.2, -0.15) is 0 Å². The van der Waals surface area contributed by atoms with E-state index in [0.29, 0.717) is 29.8 Å². The van der Waals surface area contributed by atoms with Gasteiger partial charge in [-0.05, 0) is 45.6 Å². The largest absolute Gasteiger partial charge is 1.00 e. The highest BCUT2D eigenvalue weighted by atomic mass is 127. The van der Waals surface area contributed by atoms with E-state index in [1.165, 1.54) is 231 Å². The first-order valence-corrected chi connectivity index (χ1v) is 41.5. The predicted molar refractivity (Wildman–Crippen MR) is 404 cm³/mol. The summed E-state index contributed by atoms with van der Waals surface area (Å²) in [5, 5.41) is 3.22. The molecule has 0 saturated carbocycles. The zero-order valence-corrected chi connectivity index (χ0v) is 67.3. The number of pyridine rings is 1. The minimum absolute atomic E-state index is 0. The molecule has 100 heavy (non-hydrogen) atoms. The quantitative estimate of drug-likeness (QED) is 0.0215. The van der Waals surface area contributed by atoms with Gasteiger partial charge in [0.2, 0.25) is 0 Å². The van der Waals surface area contributed by atoms with Crippen molar-refractivity contribution in [2.45, 2.75) is 394 Å². The van der Waals surface area contributed by atoms with Gasteiger partial charge in [0.25, 0.3) is 0 Å². The lowest BCUT2D eigenvalue weighted by atomic mass is 9.81. The highest BCUT2D eigenvalue weighted by Crippen LogP contribution is 2.39. The number of nitrogens with one attached hydrogen (secondary N) is 1. The number of hydrogen-bond acceptors (Lipinski definition) is 13. The van der Waals surface area contributed by atoms with E-state index in [0.717, 1.165) is 89.9 Å². The second-order valence-corrected chi connectivity index (χ2v) is 29.2. The highest BCUT2D eigenvalue weighted by molar-refractivity contribution is 6.00. The van der Waals surface area contributed by atoms with Crippen LogP contribution in [0.5, 0.6) is 0 Å². The van der Waals surface area contributed by atoms with Crippen molar-refractivity contribution >= 4 is 35.8 Å². The van der Waals surface area contributed by atoms with Crippen LogP contribution in [0.15, 0.2) is 47.1 Å². The molecule has 0 bridgehead atoms. The highest BCUT2D eigenvalue weighted by Gasteiger charge is 2.40. The summed E-state index contributed by atoms with van der Waals surface area (Å²) in [6.45, 7) is 12.4. The first-order valence-electron chi connectivity index (χ1n) is 41.5. The maximum Gasteiger partial charge on any atom is 0.336 e. The number of esters is 6. The van der Waals surface area contributed by atoms with Crippen LogP contribution in [0.4, 0.5) is 0 Å². The van der Waals surface area contributed by atoms with Crippen LogP contribution in [0.3, 0.4) is 0 Å². The number of halogens is 1. The van der Waals surface area contributed by atoms with Crippen molar-refractivity contribution in [3.05, 3.63) is 52.6 Å². The summed E-state index contributed by atoms with van der Waals surface area (Å²) in [5.41, 5.74) is 1.63. The standard InChI is InChI=1S/C85H148N2O12.HI/c1-8-12-16-20-24-28-32-36-40-44-48-52-56-63-94-77(88)67-75(82(90)96-65-58-54-50-46-42-38-34-30-26-22-18-14-10-3)70-98-84(92)79-72(5)86-73(6)80(81(79)74-61-60-62-87(7)69-74)85(93)99-71-76(83(91)97-66-59-55-51-47-43-39-35-31-27-23-19-15-11-4)68-78(89)95-64-57-53-49-45-41-37-33-29-25-21-17-13-9-2;/h60-62,69,75-76,81H,8-59,63-68,70-71H2,1-7H3;1H. The number of ether oxygens (including phenoxy) is 6. The number of unbranched alkanes of at least 4 members (excludes halogenated alkanes) is 48. The molecule has 2 heterocycles. The number of dihydropyridines is 1. The van der Waals surface area contributed by atoms with Gasteiger partial charge in [0.1, 0.15) is 32.1 Å². The number of hydrogen-bond donors (Lipinski definition) is 1. The van der Waals surface area contributed by atoms with Gasteiger partial charge in [-0.1, -0.05) is 336 Å². The summed E-state index contributed by atoms with van der Waals surface area (Å²) in [6.07, 6.45) is 65.0. The average Bonchev–Trinajstić information content (AvgIpc) is 0.767.